The number of hydrogen-bond acceptors (Lipinski definition) is 2. The molecule has 13 heavy (non-hydrogen) atoms. The number of Topliss-reactive ketones (excluding diaryl/α,β-unsaturated/α-hetero) is 1. The average Bonchev–Trinajstić information content (AvgIpc) is 2.17. The van der Waals surface area contributed by atoms with E-state index < -0.39 is 5.54 Å². The molecule has 78 valence electrons. The first-order valence-corrected chi connectivity index (χ1v) is 5.42. The fourth-order valence-corrected chi connectivity index (χ4v) is 1.43. The molecule has 0 aromatic rings. The molecule has 0 unspecified atom stereocenters. The molecule has 0 radical (unpaired) electrons. The fraction of sp³-hybridized carbons (Fsp3) is 0.909. The van der Waals surface area contributed by atoms with Crippen molar-refractivity contribution in [2.24, 2.45) is 5.73 Å². The van der Waals surface area contributed by atoms with Crippen molar-refractivity contribution in [3.8, 4) is 0 Å². The zero-order valence-corrected chi connectivity index (χ0v) is 9.23. The van der Waals surface area contributed by atoms with Crippen molar-refractivity contribution in [3.63, 3.8) is 0 Å². The van der Waals surface area contributed by atoms with Gasteiger partial charge in [0.05, 0.1) is 5.54 Å². The number of hydrogen-bond donors (Lipinski definition) is 1. The summed E-state index contributed by atoms with van der Waals surface area (Å²) in [5.41, 5.74) is 5.42. The molecular weight excluding hydrogens is 162 g/mol. The normalized spacial score (nSPS) is 11.7. The molecule has 0 heterocycles. The molecule has 0 spiro atoms. The van der Waals surface area contributed by atoms with Crippen molar-refractivity contribution < 1.29 is 4.79 Å². The molecule has 0 aliphatic carbocycles. The van der Waals surface area contributed by atoms with Gasteiger partial charge in [0.25, 0.3) is 0 Å². The summed E-state index contributed by atoms with van der Waals surface area (Å²) in [5, 5.41) is 0. The summed E-state index contributed by atoms with van der Waals surface area (Å²) in [6, 6.07) is 0. The Hall–Kier alpha value is -0.370. The van der Waals surface area contributed by atoms with E-state index >= 15 is 0 Å². The molecule has 0 aromatic heterocycles. The van der Waals surface area contributed by atoms with Crippen LogP contribution in [0, 0.1) is 0 Å². The van der Waals surface area contributed by atoms with E-state index in [1.165, 1.54) is 0 Å². The van der Waals surface area contributed by atoms with Crippen LogP contribution in [0.1, 0.15) is 59.3 Å². The second-order valence-corrected chi connectivity index (χ2v) is 3.74. The molecule has 0 fully saturated rings. The average molecular weight is 185 g/mol. The number of ketones is 1. The van der Waals surface area contributed by atoms with Crippen LogP contribution in [0.15, 0.2) is 0 Å². The molecule has 0 aromatic carbocycles. The van der Waals surface area contributed by atoms with Crippen molar-refractivity contribution in [1.82, 2.24) is 0 Å². The first-order chi connectivity index (χ1) is 6.10. The predicted molar refractivity (Wildman–Crippen MR) is 56.6 cm³/mol. The highest BCUT2D eigenvalue weighted by molar-refractivity contribution is 5.87. The molecule has 2 nitrogen and oxygen atoms in total. The zero-order chi connectivity index (χ0) is 10.3. The second-order valence-electron chi connectivity index (χ2n) is 3.74. The van der Waals surface area contributed by atoms with Gasteiger partial charge < -0.3 is 5.73 Å². The van der Waals surface area contributed by atoms with E-state index in [1.807, 2.05) is 13.8 Å². The number of carbonyl (C=O) groups excluding carboxylic acids is 1. The summed E-state index contributed by atoms with van der Waals surface area (Å²) in [6.07, 6.45) is 5.46. The van der Waals surface area contributed by atoms with E-state index in [-0.39, 0.29) is 5.78 Å². The van der Waals surface area contributed by atoms with Crippen LogP contribution in [-0.4, -0.2) is 11.3 Å². The van der Waals surface area contributed by atoms with Gasteiger partial charge in [0.2, 0.25) is 0 Å². The van der Waals surface area contributed by atoms with Gasteiger partial charge in [-0.3, -0.25) is 4.79 Å². The van der Waals surface area contributed by atoms with Crippen LogP contribution in [0.5, 0.6) is 0 Å². The molecule has 0 amide bonds. The van der Waals surface area contributed by atoms with Gasteiger partial charge in [-0.25, -0.2) is 0 Å². The summed E-state index contributed by atoms with van der Waals surface area (Å²) in [5.74, 6) is 0.242. The molecule has 2 heteroatoms. The van der Waals surface area contributed by atoms with Crippen molar-refractivity contribution in [1.29, 1.82) is 0 Å². The SMILES string of the molecule is CCCCCC(=O)C(N)(CC)CC. The molecule has 0 saturated heterocycles. The van der Waals surface area contributed by atoms with Crippen LogP contribution in [0.4, 0.5) is 0 Å². The lowest BCUT2D eigenvalue weighted by Crippen LogP contribution is -2.46. The lowest BCUT2D eigenvalue weighted by molar-refractivity contribution is -0.124. The van der Waals surface area contributed by atoms with Gasteiger partial charge >= 0.3 is 0 Å². The van der Waals surface area contributed by atoms with Crippen LogP contribution >= 0.6 is 0 Å². The van der Waals surface area contributed by atoms with Gasteiger partial charge in [-0.15, -0.1) is 0 Å². The summed E-state index contributed by atoms with van der Waals surface area (Å²) in [7, 11) is 0. The van der Waals surface area contributed by atoms with Crippen LogP contribution in [-0.2, 0) is 4.79 Å². The minimum atomic E-state index is -0.548. The topological polar surface area (TPSA) is 43.1 Å². The van der Waals surface area contributed by atoms with Crippen LogP contribution in [0.25, 0.3) is 0 Å². The lowest BCUT2D eigenvalue weighted by Gasteiger charge is -2.24. The Labute approximate surface area is 81.9 Å². The highest BCUT2D eigenvalue weighted by Crippen LogP contribution is 2.16. The third-order valence-electron chi connectivity index (χ3n) is 2.82. The second kappa shape index (κ2) is 6.14. The Kier molecular flexibility index (Phi) is 5.97. The van der Waals surface area contributed by atoms with Gasteiger partial charge in [0, 0.05) is 6.42 Å². The van der Waals surface area contributed by atoms with E-state index in [4.69, 9.17) is 5.73 Å². The monoisotopic (exact) mass is 185 g/mol. The van der Waals surface area contributed by atoms with E-state index in [0.717, 1.165) is 32.1 Å². The van der Waals surface area contributed by atoms with E-state index in [0.29, 0.717) is 6.42 Å². The smallest absolute Gasteiger partial charge is 0.152 e. The third-order valence-corrected chi connectivity index (χ3v) is 2.82. The number of rotatable bonds is 7. The maximum atomic E-state index is 11.7. The molecule has 0 bridgehead atoms. The molecule has 0 atom stereocenters. The Morgan fingerprint density at radius 1 is 1.15 bits per heavy atom. The number of carbonyl (C=O) groups is 1. The molecular formula is C11H23NO. The van der Waals surface area contributed by atoms with Crippen molar-refractivity contribution in [2.45, 2.75) is 64.8 Å². The van der Waals surface area contributed by atoms with Crippen molar-refractivity contribution in [2.75, 3.05) is 0 Å². The first-order valence-electron chi connectivity index (χ1n) is 5.42. The molecule has 0 rings (SSSR count). The highest BCUT2D eigenvalue weighted by Gasteiger charge is 2.28. The highest BCUT2D eigenvalue weighted by atomic mass is 16.1. The van der Waals surface area contributed by atoms with Crippen molar-refractivity contribution in [3.05, 3.63) is 0 Å². The molecule has 0 aliphatic rings. The Morgan fingerprint density at radius 3 is 2.08 bits per heavy atom. The Morgan fingerprint density at radius 2 is 1.69 bits per heavy atom. The van der Waals surface area contributed by atoms with Gasteiger partial charge in [0.15, 0.2) is 5.78 Å². The largest absolute Gasteiger partial charge is 0.319 e. The van der Waals surface area contributed by atoms with Gasteiger partial charge in [-0.1, -0.05) is 33.6 Å². The Balaban J connectivity index is 3.92. The number of nitrogens with two attached hydrogens (primary N) is 1. The first kappa shape index (κ1) is 12.6. The minimum Gasteiger partial charge on any atom is -0.319 e. The zero-order valence-electron chi connectivity index (χ0n) is 9.23. The van der Waals surface area contributed by atoms with E-state index in [9.17, 15) is 4.79 Å². The van der Waals surface area contributed by atoms with Gasteiger partial charge in [-0.2, -0.15) is 0 Å². The minimum absolute atomic E-state index is 0.242. The summed E-state index contributed by atoms with van der Waals surface area (Å²) in [6.45, 7) is 6.11. The summed E-state index contributed by atoms with van der Waals surface area (Å²) >= 11 is 0. The third kappa shape index (κ3) is 3.90. The lowest BCUT2D eigenvalue weighted by atomic mass is 9.86. The molecule has 2 N–H and O–H groups in total. The maximum absolute atomic E-state index is 11.7. The van der Waals surface area contributed by atoms with E-state index in [2.05, 4.69) is 6.92 Å². The molecule has 0 saturated carbocycles. The quantitative estimate of drug-likeness (QED) is 0.620. The number of unbranched alkanes of at least 4 members (excludes halogenated alkanes) is 2. The van der Waals surface area contributed by atoms with Crippen LogP contribution in [0.2, 0.25) is 0 Å². The maximum Gasteiger partial charge on any atom is 0.152 e. The fourth-order valence-electron chi connectivity index (χ4n) is 1.43. The molecule has 0 aliphatic heterocycles. The van der Waals surface area contributed by atoms with Gasteiger partial charge in [-0.05, 0) is 19.3 Å². The van der Waals surface area contributed by atoms with E-state index in [1.54, 1.807) is 0 Å². The predicted octanol–water partition coefficient (Wildman–Crippen LogP) is 2.65. The van der Waals surface area contributed by atoms with Gasteiger partial charge in [0.1, 0.15) is 0 Å². The van der Waals surface area contributed by atoms with Crippen LogP contribution < -0.4 is 5.73 Å². The summed E-state index contributed by atoms with van der Waals surface area (Å²) < 4.78 is 0. The van der Waals surface area contributed by atoms with Crippen molar-refractivity contribution >= 4 is 5.78 Å². The Bertz CT molecular complexity index is 150. The van der Waals surface area contributed by atoms with Crippen LogP contribution in [0.3, 0.4) is 0 Å². The summed E-state index contributed by atoms with van der Waals surface area (Å²) in [4.78, 5) is 11.7. The standard InChI is InChI=1S/C11H23NO/c1-4-7-8-9-10(13)11(12,5-2)6-3/h4-9,12H2,1-3H3.